The molecule has 57 valence electrons. The molecule has 0 atom stereocenters. The fourth-order valence-electron chi connectivity index (χ4n) is 0.686. The van der Waals surface area contributed by atoms with E-state index in [0.29, 0.717) is 5.56 Å². The normalized spacial score (nSPS) is 8.00. The molecule has 0 aromatic heterocycles. The van der Waals surface area contributed by atoms with Gasteiger partial charge in [-0.2, -0.15) is 0 Å². The van der Waals surface area contributed by atoms with Crippen LogP contribution in [-0.2, 0) is 9.53 Å². The number of hydrogen-bond acceptors (Lipinski definition) is 3. The Balaban J connectivity index is 0.00000121. The Morgan fingerprint density at radius 3 is 2.33 bits per heavy atom. The molecule has 4 heteroatoms. The van der Waals surface area contributed by atoms with E-state index in [0.717, 1.165) is 0 Å². The van der Waals surface area contributed by atoms with Crippen LogP contribution in [0.5, 0.6) is 0 Å². The van der Waals surface area contributed by atoms with Crippen molar-refractivity contribution >= 4 is 42.0 Å². The largest absolute Gasteiger partial charge is 0.392 e. The predicted octanol–water partition coefficient (Wildman–Crippen LogP) is 0.619. The van der Waals surface area contributed by atoms with Crippen molar-refractivity contribution in [3.63, 3.8) is 0 Å². The Hall–Kier alpha value is -0.640. The topological polar surface area (TPSA) is 43.4 Å². The van der Waals surface area contributed by atoms with Crippen molar-refractivity contribution in [2.24, 2.45) is 0 Å². The summed E-state index contributed by atoms with van der Waals surface area (Å²) in [5.41, 5.74) is 0.375. The van der Waals surface area contributed by atoms with Crippen LogP contribution in [0, 0.1) is 0 Å². The Kier molecular flexibility index (Phi) is 5.62. The number of ether oxygens (including phenoxy) is 1. The molecule has 0 saturated heterocycles. The van der Waals surface area contributed by atoms with Gasteiger partial charge >= 0.3 is 12.4 Å². The maximum Gasteiger partial charge on any atom is 0.345 e. The average molecular weight is 173 g/mol. The van der Waals surface area contributed by atoms with Crippen LogP contribution in [0.2, 0.25) is 0 Å². The average Bonchev–Trinajstić information content (AvgIpc) is 2.07. The summed E-state index contributed by atoms with van der Waals surface area (Å²) in [7, 11) is 0. The molecule has 0 unspecified atom stereocenters. The van der Waals surface area contributed by atoms with Crippen LogP contribution >= 0.6 is 0 Å². The third-order valence-electron chi connectivity index (χ3n) is 1.16. The molecule has 0 aliphatic heterocycles. The molecule has 0 N–H and O–H groups in total. The molecule has 0 aliphatic carbocycles. The second-order valence-electron chi connectivity index (χ2n) is 1.87. The summed E-state index contributed by atoms with van der Waals surface area (Å²) in [4.78, 5) is 20.5. The van der Waals surface area contributed by atoms with Gasteiger partial charge in [-0.05, 0) is 12.1 Å². The number of hydrogen-bond donors (Lipinski definition) is 0. The molecular formula is C8H6NaO3. The third-order valence-corrected chi connectivity index (χ3v) is 1.16. The van der Waals surface area contributed by atoms with Crippen LogP contribution < -0.4 is 0 Å². The summed E-state index contributed by atoms with van der Waals surface area (Å²) in [6.07, 6.45) is 0. The fraction of sp³-hybridized carbons (Fsp3) is 0. The van der Waals surface area contributed by atoms with Gasteiger partial charge in [0.1, 0.15) is 0 Å². The number of rotatable bonds is 2. The zero-order valence-electron chi connectivity index (χ0n) is 6.69. The number of carbonyl (C=O) groups excluding carboxylic acids is 2. The number of carbonyl (C=O) groups is 2. The Morgan fingerprint density at radius 1 is 1.25 bits per heavy atom. The Bertz CT molecular complexity index is 258. The van der Waals surface area contributed by atoms with Crippen molar-refractivity contribution in [1.29, 1.82) is 0 Å². The summed E-state index contributed by atoms with van der Waals surface area (Å²) in [5, 5.41) is 0. The third kappa shape index (κ3) is 3.17. The van der Waals surface area contributed by atoms with E-state index in [1.165, 1.54) is 0 Å². The zero-order valence-corrected chi connectivity index (χ0v) is 8.69. The molecule has 0 bridgehead atoms. The van der Waals surface area contributed by atoms with Gasteiger partial charge in [0.15, 0.2) is 0 Å². The van der Waals surface area contributed by atoms with Crippen LogP contribution in [0.15, 0.2) is 30.3 Å². The van der Waals surface area contributed by atoms with Gasteiger partial charge in [0.2, 0.25) is 0 Å². The van der Waals surface area contributed by atoms with Crippen molar-refractivity contribution in [2.45, 2.75) is 0 Å². The van der Waals surface area contributed by atoms with Crippen molar-refractivity contribution in [1.82, 2.24) is 0 Å². The minimum atomic E-state index is -0.624. The molecule has 3 nitrogen and oxygen atoms in total. The van der Waals surface area contributed by atoms with E-state index >= 15 is 0 Å². The maximum absolute atomic E-state index is 10.8. The number of esters is 1. The first-order valence-corrected chi connectivity index (χ1v) is 3.04. The summed E-state index contributed by atoms with van der Waals surface area (Å²) in [6, 6.07) is 8.32. The van der Waals surface area contributed by atoms with Crippen molar-refractivity contribution in [2.75, 3.05) is 0 Å². The van der Waals surface area contributed by atoms with Gasteiger partial charge in [-0.1, -0.05) is 18.2 Å². The Morgan fingerprint density at radius 2 is 1.83 bits per heavy atom. The van der Waals surface area contributed by atoms with E-state index in [1.54, 1.807) is 30.3 Å². The van der Waals surface area contributed by atoms with Gasteiger partial charge in [0.25, 0.3) is 0 Å². The van der Waals surface area contributed by atoms with Gasteiger partial charge in [0, 0.05) is 29.6 Å². The molecule has 1 rings (SSSR count). The molecule has 1 aromatic rings. The van der Waals surface area contributed by atoms with Crippen LogP contribution in [0.1, 0.15) is 10.4 Å². The van der Waals surface area contributed by atoms with Crippen LogP contribution in [0.25, 0.3) is 0 Å². The molecule has 1 radical (unpaired) electrons. The van der Waals surface area contributed by atoms with E-state index < -0.39 is 5.97 Å². The van der Waals surface area contributed by atoms with E-state index in [9.17, 15) is 9.59 Å². The van der Waals surface area contributed by atoms with Crippen LogP contribution in [-0.4, -0.2) is 42.0 Å². The smallest absolute Gasteiger partial charge is 0.345 e. The minimum Gasteiger partial charge on any atom is -0.392 e. The first kappa shape index (κ1) is 11.4. The zero-order chi connectivity index (χ0) is 8.10. The quantitative estimate of drug-likeness (QED) is 0.285. The molecule has 12 heavy (non-hydrogen) atoms. The molecule has 0 amide bonds. The first-order chi connectivity index (χ1) is 5.34. The molecule has 0 spiro atoms. The van der Waals surface area contributed by atoms with Gasteiger partial charge < -0.3 is 4.74 Å². The molecule has 0 aliphatic rings. The minimum absolute atomic E-state index is 0. The van der Waals surface area contributed by atoms with E-state index in [1.807, 2.05) is 0 Å². The second-order valence-corrected chi connectivity index (χ2v) is 1.87. The molecule has 0 fully saturated rings. The van der Waals surface area contributed by atoms with Gasteiger partial charge in [-0.15, -0.1) is 0 Å². The second kappa shape index (κ2) is 5.94. The monoisotopic (exact) mass is 173 g/mol. The molecular weight excluding hydrogens is 167 g/mol. The summed E-state index contributed by atoms with van der Waals surface area (Å²) in [5.74, 6) is -0.624. The Labute approximate surface area is 92.0 Å². The predicted molar refractivity (Wildman–Crippen MR) is 43.7 cm³/mol. The van der Waals surface area contributed by atoms with Crippen molar-refractivity contribution < 1.29 is 14.3 Å². The number of benzene rings is 1. The summed E-state index contributed by atoms with van der Waals surface area (Å²) < 4.78 is 4.11. The maximum atomic E-state index is 10.8. The van der Waals surface area contributed by atoms with E-state index in [4.69, 9.17) is 0 Å². The van der Waals surface area contributed by atoms with E-state index in [-0.39, 0.29) is 36.0 Å². The first-order valence-electron chi connectivity index (χ1n) is 3.04. The van der Waals surface area contributed by atoms with E-state index in [2.05, 4.69) is 4.74 Å². The van der Waals surface area contributed by atoms with Crippen molar-refractivity contribution in [3.05, 3.63) is 35.9 Å². The fourth-order valence-corrected chi connectivity index (χ4v) is 0.686. The van der Waals surface area contributed by atoms with Gasteiger partial charge in [-0.3, -0.25) is 4.79 Å². The van der Waals surface area contributed by atoms with Gasteiger partial charge in [-0.25, -0.2) is 4.79 Å². The SMILES string of the molecule is O=COC(=O)c1ccccc1.[Na]. The van der Waals surface area contributed by atoms with Crippen LogP contribution in [0.3, 0.4) is 0 Å². The molecule has 0 saturated carbocycles. The molecule has 1 aromatic carbocycles. The standard InChI is InChI=1S/C8H6O3.Na/c9-6-11-8(10)7-4-2-1-3-5-7;/h1-6H;. The summed E-state index contributed by atoms with van der Waals surface area (Å²) >= 11 is 0. The van der Waals surface area contributed by atoms with Gasteiger partial charge in [0.05, 0.1) is 5.56 Å². The van der Waals surface area contributed by atoms with Crippen LogP contribution in [0.4, 0.5) is 0 Å². The molecule has 0 heterocycles. The van der Waals surface area contributed by atoms with Crippen molar-refractivity contribution in [3.8, 4) is 0 Å². The summed E-state index contributed by atoms with van der Waals surface area (Å²) in [6.45, 7) is 0.120.